The third kappa shape index (κ3) is 27.3. The molecular formula is C94H125N17O18S. The zero-order valence-electron chi connectivity index (χ0n) is 75.0. The molecule has 130 heavy (non-hydrogen) atoms. The molecule has 1 aliphatic carbocycles. The largest absolute Gasteiger partial charge is 0.508 e. The predicted molar refractivity (Wildman–Crippen MR) is 487 cm³/mol. The number of aldehydes is 1. The number of unbranched alkanes of at least 4 members (excludes halogenated alkanes) is 1. The number of fused-ring (bicyclic) bond motifs is 1. The molecule has 36 heteroatoms. The van der Waals surface area contributed by atoms with Crippen LogP contribution >= 0.6 is 11.8 Å². The number of phenolic OH excluding ortho intramolecular Hbond substituents is 1. The number of rotatable bonds is 49. The molecule has 1 aromatic heterocycles. The number of aromatic amines is 1. The zero-order chi connectivity index (χ0) is 94.6. The van der Waals surface area contributed by atoms with Crippen LogP contribution in [0.3, 0.4) is 0 Å². The lowest BCUT2D eigenvalue weighted by Gasteiger charge is -2.38. The maximum Gasteiger partial charge on any atom is 0.305 e. The lowest BCUT2D eigenvalue weighted by molar-refractivity contribution is -0.154. The number of nitrogens with one attached hydrogen (secondary N) is 9. The summed E-state index contributed by atoms with van der Waals surface area (Å²) in [6.07, 6.45) is 3.50. The van der Waals surface area contributed by atoms with Crippen LogP contribution in [0, 0.1) is 11.8 Å². The SMILES string of the molecule is CCCC[C@@H](C(=O)N1CCC[C@@H]1C(=O)N[C@H](C=O)CC(=O)O)N(C)C(=O)C1(N(C)C(=O)[C@H](Cc2ccccc2)NC(=O)CSC[C@H](NC(=O)[C@H](CC(C)C)NC(=O)[C@H](Cc2ccc(O)cc2)NC(=O)[C@H](Cc2c[nH]c3ccccc23)NC(=O)[C@H]2CCCN2C(=O)[C@H](CCCN)NC(=O)C(Cc2ccccc2)N(C)C(=O)[C@@H](N)C(C)C)C(=O)NCC(N)=O)CC1c1ccccc1. The zero-order valence-corrected chi connectivity index (χ0v) is 75.8. The second-order valence-electron chi connectivity index (χ2n) is 34.5. The standard InChI is InChI=1S/C94H125N17O18S/c1-9-10-34-76(91(127)111-43-24-35-74(111)86(122)100-63(53-112)49-80(116)117)108(7)93(129)94(50-66(94)61-29-18-13-19-30-61)109(8)89(125)72(46-58-25-14-11-15-26-58)101-79(115)55-130-54-73(82(118)99-52-78(96)114)106-83(119)69(44-56(2)3)103-84(120)70(45-60-37-39-64(113)40-38-60)104-85(121)71(48-62-51-98-67-32-21-20-31-65(62)67)105-87(123)75-36-23-42-110(75)90(126)68(33-22-41-95)102-88(124)77(47-59-27-16-12-17-28-59)107(6)92(128)81(97)57(4)5/h11-21,25-32,37-40,51,53,56-57,63,66,68-77,81,98,113H,9-10,22-24,33-36,41-50,52,54-55,95,97H2,1-8H3,(H2,96,114)(H,99,118)(H,100,122)(H,101,115)(H,102,124)(H,103,120)(H,104,121)(H,105,123)(H,106,119)(H,116,117)/t63-,66?,68-,69-,70-,71-,72-,73-,74+,75+,76-,77?,81-,94?/m0/s1. The average Bonchev–Trinajstić information content (AvgIpc) is 1.54. The number of hydrogen-bond donors (Lipinski definition) is 14. The number of nitrogens with two attached hydrogens (primary N) is 3. The van der Waals surface area contributed by atoms with E-state index in [0.29, 0.717) is 65.1 Å². The number of likely N-dealkylation sites (N-methyl/N-ethyl adjacent to an activating group) is 3. The van der Waals surface area contributed by atoms with Crippen LogP contribution in [0.5, 0.6) is 5.75 Å². The summed E-state index contributed by atoms with van der Waals surface area (Å²) in [5.74, 6) is -13.9. The van der Waals surface area contributed by atoms with Crippen molar-refractivity contribution in [2.45, 2.75) is 221 Å². The van der Waals surface area contributed by atoms with Gasteiger partial charge in [-0.2, -0.15) is 0 Å². The van der Waals surface area contributed by atoms with Crippen LogP contribution in [-0.4, -0.2) is 272 Å². The summed E-state index contributed by atoms with van der Waals surface area (Å²) in [5, 5.41) is 42.3. The molecule has 35 nitrogen and oxygen atoms in total. The number of carbonyl (C=O) groups is 16. The highest BCUT2D eigenvalue weighted by Gasteiger charge is 2.67. The average molecular weight is 1810 g/mol. The van der Waals surface area contributed by atoms with Crippen molar-refractivity contribution in [3.63, 3.8) is 0 Å². The summed E-state index contributed by atoms with van der Waals surface area (Å²) < 4.78 is 0. The van der Waals surface area contributed by atoms with Crippen LogP contribution in [0.2, 0.25) is 0 Å². The molecule has 3 aliphatic rings. The summed E-state index contributed by atoms with van der Waals surface area (Å²) in [5.41, 5.74) is 20.0. The van der Waals surface area contributed by atoms with Gasteiger partial charge in [-0.05, 0) is 122 Å². The molecule has 5 aromatic carbocycles. The van der Waals surface area contributed by atoms with E-state index >= 15 is 33.6 Å². The number of likely N-dealkylation sites (tertiary alicyclic amines) is 2. The number of nitrogens with zero attached hydrogens (tertiary/aromatic N) is 5. The Morgan fingerprint density at radius 1 is 0.585 bits per heavy atom. The molecule has 6 aromatic rings. The van der Waals surface area contributed by atoms with Gasteiger partial charge < -0.3 is 104 Å². The normalized spacial score (nSPS) is 18.1. The molecule has 14 atom stereocenters. The number of amides is 14. The number of carboxylic acid groups (broad SMARTS) is 1. The quantitative estimate of drug-likeness (QED) is 0.0244. The van der Waals surface area contributed by atoms with Crippen molar-refractivity contribution in [1.82, 2.24) is 72.0 Å². The number of carboxylic acids is 1. The fraction of sp³-hybridized carbons (Fsp3) is 0.489. The molecule has 3 unspecified atom stereocenters. The van der Waals surface area contributed by atoms with Gasteiger partial charge in [0.15, 0.2) is 0 Å². The Kier molecular flexibility index (Phi) is 37.5. The molecule has 2 aliphatic heterocycles. The number of aromatic nitrogens is 1. The van der Waals surface area contributed by atoms with Crippen molar-refractivity contribution in [1.29, 1.82) is 0 Å². The number of benzene rings is 5. The van der Waals surface area contributed by atoms with Gasteiger partial charge in [-0.1, -0.05) is 169 Å². The predicted octanol–water partition coefficient (Wildman–Crippen LogP) is 2.53. The van der Waals surface area contributed by atoms with Crippen LogP contribution in [0.4, 0.5) is 0 Å². The highest BCUT2D eigenvalue weighted by atomic mass is 32.2. The van der Waals surface area contributed by atoms with Gasteiger partial charge >= 0.3 is 5.97 Å². The molecule has 3 fully saturated rings. The molecule has 0 spiro atoms. The van der Waals surface area contributed by atoms with E-state index in [1.165, 1.54) is 69.9 Å². The summed E-state index contributed by atoms with van der Waals surface area (Å²) >= 11 is 0.851. The molecule has 17 N–H and O–H groups in total. The number of H-pyrrole nitrogens is 1. The fourth-order valence-electron chi connectivity index (χ4n) is 16.8. The number of aromatic hydroxyl groups is 1. The first-order chi connectivity index (χ1) is 62.1. The topological polar surface area (TPSA) is 520 Å². The first-order valence-electron chi connectivity index (χ1n) is 44.4. The minimum absolute atomic E-state index is 0.0575. The van der Waals surface area contributed by atoms with Gasteiger partial charge in [0.1, 0.15) is 78.0 Å². The first kappa shape index (κ1) is 101. The number of phenols is 1. The Morgan fingerprint density at radius 2 is 1.13 bits per heavy atom. The number of hydrogen-bond acceptors (Lipinski definition) is 20. The Hall–Kier alpha value is -12.6. The lowest BCUT2D eigenvalue weighted by atomic mass is 9.99. The maximum atomic E-state index is 15.7. The Labute approximate surface area is 761 Å². The minimum atomic E-state index is -1.64. The number of para-hydroxylation sites is 1. The first-order valence-corrected chi connectivity index (χ1v) is 45.5. The van der Waals surface area contributed by atoms with Crippen molar-refractivity contribution in [3.8, 4) is 5.75 Å². The Bertz CT molecular complexity index is 4950. The summed E-state index contributed by atoms with van der Waals surface area (Å²) in [6, 6.07) is 24.3. The maximum absolute atomic E-state index is 15.7. The van der Waals surface area contributed by atoms with Gasteiger partial charge in [-0.3, -0.25) is 71.9 Å². The van der Waals surface area contributed by atoms with E-state index in [2.05, 4.69) is 47.5 Å². The van der Waals surface area contributed by atoms with E-state index in [4.69, 9.17) is 17.2 Å². The monoisotopic (exact) mass is 1810 g/mol. The lowest BCUT2D eigenvalue weighted by Crippen LogP contribution is -2.61. The molecule has 0 bridgehead atoms. The van der Waals surface area contributed by atoms with Crippen molar-refractivity contribution in [3.05, 3.63) is 174 Å². The van der Waals surface area contributed by atoms with Crippen LogP contribution < -0.4 is 59.7 Å². The number of aliphatic carboxylic acids is 1. The van der Waals surface area contributed by atoms with Gasteiger partial charge in [-0.15, -0.1) is 11.8 Å². The van der Waals surface area contributed by atoms with E-state index < -0.39 is 191 Å². The highest BCUT2D eigenvalue weighted by Crippen LogP contribution is 2.56. The van der Waals surface area contributed by atoms with Gasteiger partial charge in [0.25, 0.3) is 0 Å². The number of primary amides is 1. The molecule has 3 heterocycles. The third-order valence-corrected chi connectivity index (χ3v) is 25.2. The van der Waals surface area contributed by atoms with Gasteiger partial charge in [0.05, 0.1) is 30.8 Å². The molecule has 14 amide bonds. The van der Waals surface area contributed by atoms with E-state index in [9.17, 15) is 53.4 Å². The minimum Gasteiger partial charge on any atom is -0.508 e. The van der Waals surface area contributed by atoms with Crippen LogP contribution in [-0.2, 0) is 102 Å². The van der Waals surface area contributed by atoms with Crippen LogP contribution in [0.1, 0.15) is 145 Å². The smallest absolute Gasteiger partial charge is 0.305 e. The second kappa shape index (κ2) is 48.2. The highest BCUT2D eigenvalue weighted by molar-refractivity contribution is 8.00. The van der Waals surface area contributed by atoms with Crippen molar-refractivity contribution in [2.75, 3.05) is 58.8 Å². The van der Waals surface area contributed by atoms with Crippen LogP contribution in [0.15, 0.2) is 146 Å². The van der Waals surface area contributed by atoms with Crippen LogP contribution in [0.25, 0.3) is 10.9 Å². The van der Waals surface area contributed by atoms with Crippen molar-refractivity contribution < 1.29 is 86.9 Å². The van der Waals surface area contributed by atoms with E-state index in [0.717, 1.165) is 17.3 Å². The van der Waals surface area contributed by atoms with Crippen molar-refractivity contribution >= 4 is 118 Å². The summed E-state index contributed by atoms with van der Waals surface area (Å²) in [4.78, 5) is 239. The molecule has 9 rings (SSSR count). The second-order valence-corrected chi connectivity index (χ2v) is 35.6. The fourth-order valence-corrected chi connectivity index (χ4v) is 17.7. The van der Waals surface area contributed by atoms with E-state index in [-0.39, 0.29) is 114 Å². The van der Waals surface area contributed by atoms with Gasteiger partial charge in [-0.25, -0.2) is 0 Å². The molecule has 0 radical (unpaired) electrons. The number of carbonyl (C=O) groups excluding carboxylic acids is 15. The molecule has 1 saturated carbocycles. The van der Waals surface area contributed by atoms with E-state index in [1.807, 2.05) is 55.5 Å². The summed E-state index contributed by atoms with van der Waals surface area (Å²) in [7, 11) is 4.41. The number of thioether (sulfide) groups is 1. The van der Waals surface area contributed by atoms with Gasteiger partial charge in [0.2, 0.25) is 82.7 Å². The van der Waals surface area contributed by atoms with Gasteiger partial charge in [0, 0.05) is 88.7 Å². The summed E-state index contributed by atoms with van der Waals surface area (Å²) in [6.45, 7) is 8.66. The Balaban J connectivity index is 0.938. The third-order valence-electron chi connectivity index (χ3n) is 24.2. The molecule has 2 saturated heterocycles. The molecular weight excluding hydrogens is 1690 g/mol. The van der Waals surface area contributed by atoms with E-state index in [1.54, 1.807) is 101 Å². The van der Waals surface area contributed by atoms with Crippen molar-refractivity contribution in [2.24, 2.45) is 29.0 Å². The molecule has 700 valence electrons. The Morgan fingerprint density at radius 3 is 1.72 bits per heavy atom.